The van der Waals surface area contributed by atoms with Crippen molar-refractivity contribution in [1.29, 1.82) is 0 Å². The van der Waals surface area contributed by atoms with Gasteiger partial charge >= 0.3 is 0 Å². The Bertz CT molecular complexity index is 360. The van der Waals surface area contributed by atoms with Crippen LogP contribution in [0.25, 0.3) is 0 Å². The van der Waals surface area contributed by atoms with Crippen molar-refractivity contribution in [3.8, 4) is 11.5 Å². The predicted molar refractivity (Wildman–Crippen MR) is 68.7 cm³/mol. The van der Waals surface area contributed by atoms with Crippen molar-refractivity contribution in [2.45, 2.75) is 25.4 Å². The van der Waals surface area contributed by atoms with E-state index in [-0.39, 0.29) is 6.10 Å². The van der Waals surface area contributed by atoms with Crippen molar-refractivity contribution in [2.75, 3.05) is 14.2 Å². The molecule has 1 N–H and O–H groups in total. The van der Waals surface area contributed by atoms with Crippen LogP contribution in [-0.2, 0) is 6.42 Å². The molecule has 0 aliphatic rings. The quantitative estimate of drug-likeness (QED) is 0.739. The molecule has 0 amide bonds. The van der Waals surface area contributed by atoms with E-state index in [0.29, 0.717) is 17.9 Å². The van der Waals surface area contributed by atoms with E-state index in [4.69, 9.17) is 9.47 Å². The van der Waals surface area contributed by atoms with Crippen LogP contribution in [0.4, 0.5) is 0 Å². The highest BCUT2D eigenvalue weighted by molar-refractivity contribution is 5.43. The molecule has 0 saturated heterocycles. The molecule has 1 aromatic rings. The summed E-state index contributed by atoms with van der Waals surface area (Å²) in [7, 11) is 3.21. The van der Waals surface area contributed by atoms with Crippen LogP contribution in [0.5, 0.6) is 11.5 Å². The Morgan fingerprint density at radius 1 is 1.29 bits per heavy atom. The summed E-state index contributed by atoms with van der Waals surface area (Å²) in [6.45, 7) is 3.64. The summed E-state index contributed by atoms with van der Waals surface area (Å²) >= 11 is 0. The van der Waals surface area contributed by atoms with E-state index >= 15 is 0 Å². The topological polar surface area (TPSA) is 38.7 Å². The number of ether oxygens (including phenoxy) is 2. The van der Waals surface area contributed by atoms with Crippen LogP contribution in [0.15, 0.2) is 30.9 Å². The lowest BCUT2D eigenvalue weighted by molar-refractivity contribution is 0.166. The molecule has 3 nitrogen and oxygen atoms in total. The number of hydrogen-bond donors (Lipinski definition) is 1. The Balaban J connectivity index is 2.68. The molecular formula is C14H20O3. The molecule has 0 heterocycles. The smallest absolute Gasteiger partial charge is 0.160 e. The van der Waals surface area contributed by atoms with Gasteiger partial charge < -0.3 is 14.6 Å². The fourth-order valence-electron chi connectivity index (χ4n) is 1.69. The number of benzene rings is 1. The molecule has 1 aromatic carbocycles. The minimum Gasteiger partial charge on any atom is -0.493 e. The monoisotopic (exact) mass is 236 g/mol. The molecule has 0 aromatic heterocycles. The molecule has 0 fully saturated rings. The molecule has 0 aliphatic carbocycles. The van der Waals surface area contributed by atoms with Gasteiger partial charge in [-0.2, -0.15) is 0 Å². The van der Waals surface area contributed by atoms with Crippen LogP contribution in [0, 0.1) is 0 Å². The second-order valence-electron chi connectivity index (χ2n) is 3.91. The summed E-state index contributed by atoms with van der Waals surface area (Å²) in [6, 6.07) is 5.70. The maximum absolute atomic E-state index is 9.80. The highest BCUT2D eigenvalue weighted by atomic mass is 16.5. The number of rotatable bonds is 7. The highest BCUT2D eigenvalue weighted by Gasteiger charge is 2.08. The largest absolute Gasteiger partial charge is 0.493 e. The third-order valence-corrected chi connectivity index (χ3v) is 2.62. The molecule has 1 unspecified atom stereocenters. The zero-order chi connectivity index (χ0) is 12.7. The standard InChI is InChI=1S/C14H20O3/c1-4-5-6-12(15)9-11-7-8-13(16-2)14(10-11)17-3/h4,7-8,10,12,15H,1,5-6,9H2,2-3H3. The summed E-state index contributed by atoms with van der Waals surface area (Å²) in [4.78, 5) is 0. The van der Waals surface area contributed by atoms with Crippen LogP contribution in [0.1, 0.15) is 18.4 Å². The molecular weight excluding hydrogens is 216 g/mol. The molecule has 1 rings (SSSR count). The van der Waals surface area contributed by atoms with Gasteiger partial charge in [-0.05, 0) is 37.0 Å². The molecule has 0 saturated carbocycles. The molecule has 3 heteroatoms. The van der Waals surface area contributed by atoms with Crippen LogP contribution in [-0.4, -0.2) is 25.4 Å². The highest BCUT2D eigenvalue weighted by Crippen LogP contribution is 2.28. The normalized spacial score (nSPS) is 11.9. The van der Waals surface area contributed by atoms with E-state index in [1.54, 1.807) is 14.2 Å². The van der Waals surface area contributed by atoms with Gasteiger partial charge in [-0.3, -0.25) is 0 Å². The average Bonchev–Trinajstić information content (AvgIpc) is 2.36. The third-order valence-electron chi connectivity index (χ3n) is 2.62. The Kier molecular flexibility index (Phi) is 5.57. The second kappa shape index (κ2) is 6.97. The van der Waals surface area contributed by atoms with Gasteiger partial charge in [-0.25, -0.2) is 0 Å². The number of aliphatic hydroxyl groups is 1. The number of aliphatic hydroxyl groups excluding tert-OH is 1. The van der Waals surface area contributed by atoms with Gasteiger partial charge in [0, 0.05) is 0 Å². The second-order valence-corrected chi connectivity index (χ2v) is 3.91. The van der Waals surface area contributed by atoms with E-state index in [2.05, 4.69) is 6.58 Å². The Hall–Kier alpha value is -1.48. The van der Waals surface area contributed by atoms with Crippen molar-refractivity contribution in [3.05, 3.63) is 36.4 Å². The Morgan fingerprint density at radius 3 is 2.59 bits per heavy atom. The Morgan fingerprint density at radius 2 is 2.00 bits per heavy atom. The van der Waals surface area contributed by atoms with Gasteiger partial charge in [0.2, 0.25) is 0 Å². The lowest BCUT2D eigenvalue weighted by Crippen LogP contribution is -2.09. The summed E-state index contributed by atoms with van der Waals surface area (Å²) in [5.74, 6) is 1.40. The first-order chi connectivity index (χ1) is 8.21. The molecule has 0 bridgehead atoms. The van der Waals surface area contributed by atoms with Crippen molar-refractivity contribution < 1.29 is 14.6 Å². The number of hydrogen-bond acceptors (Lipinski definition) is 3. The van der Waals surface area contributed by atoms with Crippen molar-refractivity contribution in [1.82, 2.24) is 0 Å². The molecule has 94 valence electrons. The number of methoxy groups -OCH3 is 2. The summed E-state index contributed by atoms with van der Waals surface area (Å²) in [5.41, 5.74) is 1.04. The average molecular weight is 236 g/mol. The zero-order valence-electron chi connectivity index (χ0n) is 10.5. The van der Waals surface area contributed by atoms with E-state index in [0.717, 1.165) is 18.4 Å². The van der Waals surface area contributed by atoms with Crippen molar-refractivity contribution in [3.63, 3.8) is 0 Å². The lowest BCUT2D eigenvalue weighted by Gasteiger charge is -2.12. The molecule has 0 radical (unpaired) electrons. The maximum Gasteiger partial charge on any atom is 0.160 e. The van der Waals surface area contributed by atoms with Gasteiger partial charge in [0.1, 0.15) is 0 Å². The van der Waals surface area contributed by atoms with Crippen LogP contribution in [0.2, 0.25) is 0 Å². The SMILES string of the molecule is C=CCCC(O)Cc1ccc(OC)c(OC)c1. The first kappa shape index (κ1) is 13.6. The van der Waals surface area contributed by atoms with Gasteiger partial charge in [0.05, 0.1) is 20.3 Å². The van der Waals surface area contributed by atoms with Gasteiger partial charge in [0.15, 0.2) is 11.5 Å². The van der Waals surface area contributed by atoms with Crippen LogP contribution >= 0.6 is 0 Å². The summed E-state index contributed by atoms with van der Waals surface area (Å²) in [6.07, 6.45) is 3.66. The van der Waals surface area contributed by atoms with Gasteiger partial charge in [0.25, 0.3) is 0 Å². The maximum atomic E-state index is 9.80. The van der Waals surface area contributed by atoms with E-state index in [1.807, 2.05) is 24.3 Å². The van der Waals surface area contributed by atoms with Gasteiger partial charge in [-0.15, -0.1) is 6.58 Å². The lowest BCUT2D eigenvalue weighted by atomic mass is 10.0. The zero-order valence-corrected chi connectivity index (χ0v) is 10.5. The van der Waals surface area contributed by atoms with Crippen molar-refractivity contribution in [2.24, 2.45) is 0 Å². The first-order valence-electron chi connectivity index (χ1n) is 5.71. The summed E-state index contributed by atoms with van der Waals surface area (Å²) < 4.78 is 10.4. The third kappa shape index (κ3) is 4.11. The minimum atomic E-state index is -0.342. The van der Waals surface area contributed by atoms with E-state index < -0.39 is 0 Å². The molecule has 1 atom stereocenters. The van der Waals surface area contributed by atoms with E-state index in [1.165, 1.54) is 0 Å². The predicted octanol–water partition coefficient (Wildman–Crippen LogP) is 2.57. The fourth-order valence-corrected chi connectivity index (χ4v) is 1.69. The van der Waals surface area contributed by atoms with Crippen LogP contribution < -0.4 is 9.47 Å². The number of allylic oxidation sites excluding steroid dienone is 1. The van der Waals surface area contributed by atoms with E-state index in [9.17, 15) is 5.11 Å². The van der Waals surface area contributed by atoms with Crippen LogP contribution in [0.3, 0.4) is 0 Å². The first-order valence-corrected chi connectivity index (χ1v) is 5.71. The fraction of sp³-hybridized carbons (Fsp3) is 0.429. The summed E-state index contributed by atoms with van der Waals surface area (Å²) in [5, 5.41) is 9.80. The molecule has 0 spiro atoms. The van der Waals surface area contributed by atoms with Gasteiger partial charge in [-0.1, -0.05) is 12.1 Å². The molecule has 0 aliphatic heterocycles. The molecule has 17 heavy (non-hydrogen) atoms. The minimum absolute atomic E-state index is 0.342. The van der Waals surface area contributed by atoms with Crippen molar-refractivity contribution >= 4 is 0 Å². The Labute approximate surface area is 103 Å².